The number of nitrogens with zero attached hydrogens (tertiary/aromatic N) is 2. The van der Waals surface area contributed by atoms with E-state index in [0.717, 1.165) is 11.3 Å². The zero-order valence-electron chi connectivity index (χ0n) is 17.5. The molecule has 0 saturated carbocycles. The molecule has 3 N–H and O–H groups in total. The second-order valence-electron chi connectivity index (χ2n) is 7.16. The van der Waals surface area contributed by atoms with Crippen LogP contribution in [0.2, 0.25) is 0 Å². The maximum atomic E-state index is 13.0. The lowest BCUT2D eigenvalue weighted by atomic mass is 10.2. The Bertz CT molecular complexity index is 1400. The third-order valence-electron chi connectivity index (χ3n) is 4.68. The second-order valence-corrected chi connectivity index (χ2v) is 8.84. The molecule has 8 nitrogen and oxygen atoms in total. The van der Waals surface area contributed by atoms with Crippen molar-refractivity contribution in [3.63, 3.8) is 0 Å². The number of nitrogens with one attached hydrogen (secondary N) is 3. The van der Waals surface area contributed by atoms with Crippen LogP contribution in [0.25, 0.3) is 11.0 Å². The molecule has 0 atom stereocenters. The first-order chi connectivity index (χ1) is 15.3. The fraction of sp³-hybridized carbons (Fsp3) is 0.0870. The molecule has 0 aliphatic rings. The van der Waals surface area contributed by atoms with Crippen LogP contribution in [0.4, 0.5) is 23.0 Å². The summed E-state index contributed by atoms with van der Waals surface area (Å²) in [4.78, 5) is 20.3. The van der Waals surface area contributed by atoms with Gasteiger partial charge in [0.2, 0.25) is 5.91 Å². The van der Waals surface area contributed by atoms with Crippen molar-refractivity contribution in [2.24, 2.45) is 0 Å². The molecular weight excluding hydrogens is 426 g/mol. The minimum absolute atomic E-state index is 0.0309. The maximum Gasteiger partial charge on any atom is 0.263 e. The fourth-order valence-electron chi connectivity index (χ4n) is 3.11. The quantitative estimate of drug-likeness (QED) is 0.403. The third kappa shape index (κ3) is 4.68. The van der Waals surface area contributed by atoms with Gasteiger partial charge in [0.25, 0.3) is 10.0 Å². The summed E-state index contributed by atoms with van der Waals surface area (Å²) in [5.74, 6) is 0.131. The second kappa shape index (κ2) is 8.64. The molecule has 0 unspecified atom stereocenters. The van der Waals surface area contributed by atoms with Gasteiger partial charge in [0.1, 0.15) is 0 Å². The van der Waals surface area contributed by atoms with Crippen molar-refractivity contribution in [1.29, 1.82) is 0 Å². The molecule has 0 spiro atoms. The van der Waals surface area contributed by atoms with Gasteiger partial charge in [-0.15, -0.1) is 0 Å². The molecule has 0 aliphatic heterocycles. The van der Waals surface area contributed by atoms with Crippen LogP contribution in [0.5, 0.6) is 0 Å². The Morgan fingerprint density at radius 1 is 0.812 bits per heavy atom. The minimum atomic E-state index is -3.96. The van der Waals surface area contributed by atoms with Crippen LogP contribution in [0.15, 0.2) is 77.7 Å². The molecule has 0 aliphatic carbocycles. The lowest BCUT2D eigenvalue weighted by Crippen LogP contribution is -2.16. The molecule has 1 amide bonds. The van der Waals surface area contributed by atoms with Crippen LogP contribution in [-0.2, 0) is 14.8 Å². The Kier molecular flexibility index (Phi) is 5.74. The summed E-state index contributed by atoms with van der Waals surface area (Å²) < 4.78 is 28.6. The van der Waals surface area contributed by atoms with Crippen LogP contribution < -0.4 is 15.4 Å². The zero-order valence-corrected chi connectivity index (χ0v) is 18.3. The summed E-state index contributed by atoms with van der Waals surface area (Å²) in [7, 11) is -3.96. The van der Waals surface area contributed by atoms with Crippen LogP contribution in [0.3, 0.4) is 0 Å². The molecule has 4 aromatic rings. The molecule has 32 heavy (non-hydrogen) atoms. The van der Waals surface area contributed by atoms with Crippen molar-refractivity contribution in [3.8, 4) is 0 Å². The van der Waals surface area contributed by atoms with Gasteiger partial charge in [0, 0.05) is 18.3 Å². The SMILES string of the molecule is CC(=O)Nc1ccc(S(=O)(=O)Nc2nc3ccccc3nc2Nc2ccccc2C)cc1. The van der Waals surface area contributed by atoms with Crippen molar-refractivity contribution in [1.82, 2.24) is 9.97 Å². The van der Waals surface area contributed by atoms with Crippen molar-refractivity contribution >= 4 is 50.0 Å². The number of benzene rings is 3. The number of para-hydroxylation sites is 3. The topological polar surface area (TPSA) is 113 Å². The van der Waals surface area contributed by atoms with E-state index < -0.39 is 10.0 Å². The van der Waals surface area contributed by atoms with E-state index in [9.17, 15) is 13.2 Å². The predicted octanol–water partition coefficient (Wildman–Crippen LogP) is 4.44. The number of carbonyl (C=O) groups excluding carboxylic acids is 1. The molecule has 0 radical (unpaired) electrons. The number of hydrogen-bond acceptors (Lipinski definition) is 6. The Balaban J connectivity index is 1.72. The van der Waals surface area contributed by atoms with E-state index >= 15 is 0 Å². The van der Waals surface area contributed by atoms with Gasteiger partial charge < -0.3 is 10.6 Å². The molecule has 162 valence electrons. The van der Waals surface area contributed by atoms with Gasteiger partial charge in [-0.3, -0.25) is 9.52 Å². The molecule has 0 bridgehead atoms. The smallest absolute Gasteiger partial charge is 0.263 e. The highest BCUT2D eigenvalue weighted by Gasteiger charge is 2.19. The van der Waals surface area contributed by atoms with Crippen molar-refractivity contribution in [3.05, 3.63) is 78.4 Å². The number of hydrogen-bond donors (Lipinski definition) is 3. The molecule has 1 heterocycles. The van der Waals surface area contributed by atoms with E-state index in [0.29, 0.717) is 16.7 Å². The van der Waals surface area contributed by atoms with Gasteiger partial charge in [0.05, 0.1) is 15.9 Å². The van der Waals surface area contributed by atoms with E-state index in [-0.39, 0.29) is 22.4 Å². The van der Waals surface area contributed by atoms with Crippen molar-refractivity contribution < 1.29 is 13.2 Å². The number of amides is 1. The monoisotopic (exact) mass is 447 g/mol. The summed E-state index contributed by atoms with van der Waals surface area (Å²) in [6.07, 6.45) is 0. The highest BCUT2D eigenvalue weighted by molar-refractivity contribution is 7.92. The van der Waals surface area contributed by atoms with E-state index in [1.54, 1.807) is 6.07 Å². The number of rotatable bonds is 6. The van der Waals surface area contributed by atoms with Gasteiger partial charge in [-0.1, -0.05) is 30.3 Å². The van der Waals surface area contributed by atoms with Crippen LogP contribution in [0.1, 0.15) is 12.5 Å². The van der Waals surface area contributed by atoms with Gasteiger partial charge in [-0.2, -0.15) is 0 Å². The number of sulfonamides is 1. The Labute approximate surface area is 185 Å². The summed E-state index contributed by atoms with van der Waals surface area (Å²) in [5, 5.41) is 5.80. The van der Waals surface area contributed by atoms with Gasteiger partial charge in [-0.05, 0) is 55.0 Å². The van der Waals surface area contributed by atoms with Crippen molar-refractivity contribution in [2.45, 2.75) is 18.7 Å². The van der Waals surface area contributed by atoms with Gasteiger partial charge >= 0.3 is 0 Å². The lowest BCUT2D eigenvalue weighted by Gasteiger charge is -2.15. The van der Waals surface area contributed by atoms with Gasteiger partial charge in [-0.25, -0.2) is 18.4 Å². The molecule has 3 aromatic carbocycles. The number of aromatic nitrogens is 2. The first kappa shape index (κ1) is 21.3. The van der Waals surface area contributed by atoms with E-state index in [2.05, 4.69) is 25.3 Å². The zero-order chi connectivity index (χ0) is 22.7. The predicted molar refractivity (Wildman–Crippen MR) is 126 cm³/mol. The van der Waals surface area contributed by atoms with Crippen molar-refractivity contribution in [2.75, 3.05) is 15.4 Å². The van der Waals surface area contributed by atoms with Crippen LogP contribution >= 0.6 is 0 Å². The normalized spacial score (nSPS) is 11.2. The number of carbonyl (C=O) groups is 1. The fourth-order valence-corrected chi connectivity index (χ4v) is 4.12. The largest absolute Gasteiger partial charge is 0.337 e. The van der Waals surface area contributed by atoms with Crippen LogP contribution in [-0.4, -0.2) is 24.3 Å². The summed E-state index contributed by atoms with van der Waals surface area (Å²) in [6, 6.07) is 20.7. The summed E-state index contributed by atoms with van der Waals surface area (Å²) >= 11 is 0. The highest BCUT2D eigenvalue weighted by Crippen LogP contribution is 2.28. The van der Waals surface area contributed by atoms with Gasteiger partial charge in [0.15, 0.2) is 11.6 Å². The Morgan fingerprint density at radius 3 is 2.03 bits per heavy atom. The van der Waals surface area contributed by atoms with E-state index in [4.69, 9.17) is 0 Å². The first-order valence-corrected chi connectivity index (χ1v) is 11.3. The third-order valence-corrected chi connectivity index (χ3v) is 6.04. The minimum Gasteiger partial charge on any atom is -0.337 e. The first-order valence-electron chi connectivity index (χ1n) is 9.82. The number of anilines is 4. The number of aryl methyl sites for hydroxylation is 1. The molecule has 0 saturated heterocycles. The summed E-state index contributed by atoms with van der Waals surface area (Å²) in [6.45, 7) is 3.32. The molecule has 1 aromatic heterocycles. The maximum absolute atomic E-state index is 13.0. The lowest BCUT2D eigenvalue weighted by molar-refractivity contribution is -0.114. The summed E-state index contributed by atoms with van der Waals surface area (Å²) in [5.41, 5.74) is 3.46. The molecule has 4 rings (SSSR count). The molecule has 0 fully saturated rings. The Hall–Kier alpha value is -3.98. The molecule has 9 heteroatoms. The van der Waals surface area contributed by atoms with E-state index in [1.807, 2.05) is 49.4 Å². The van der Waals surface area contributed by atoms with Crippen LogP contribution in [0, 0.1) is 6.92 Å². The van der Waals surface area contributed by atoms with E-state index in [1.165, 1.54) is 31.2 Å². The average Bonchev–Trinajstić information content (AvgIpc) is 2.75. The number of fused-ring (bicyclic) bond motifs is 1. The average molecular weight is 448 g/mol. The Morgan fingerprint density at radius 2 is 1.41 bits per heavy atom. The standard InChI is InChI=1S/C23H21N5O3S/c1-15-7-3-4-8-19(15)25-22-23(27-21-10-6-5-9-20(21)26-22)28-32(30,31)18-13-11-17(12-14-18)24-16(2)29/h3-14H,1-2H3,(H,24,29)(H,25,26)(H,27,28). The molecular formula is C23H21N5O3S. The highest BCUT2D eigenvalue weighted by atomic mass is 32.2.